The Labute approximate surface area is 357 Å². The van der Waals surface area contributed by atoms with Crippen molar-refractivity contribution < 1.29 is 28.0 Å². The van der Waals surface area contributed by atoms with E-state index in [0.29, 0.717) is 11.3 Å². The molecule has 1 heterocycles. The van der Waals surface area contributed by atoms with E-state index >= 15 is 0 Å². The molecule has 3 rings (SSSR count). The van der Waals surface area contributed by atoms with Gasteiger partial charge in [0.05, 0.1) is 25.4 Å². The molecule has 2 saturated carbocycles. The summed E-state index contributed by atoms with van der Waals surface area (Å²) in [5.41, 5.74) is 5.75. The lowest BCUT2D eigenvalue weighted by atomic mass is 9.59. The molecule has 3 N–H and O–H groups in total. The van der Waals surface area contributed by atoms with Crippen molar-refractivity contribution in [1.82, 2.24) is 0 Å². The van der Waals surface area contributed by atoms with Gasteiger partial charge in [-0.3, -0.25) is 9.05 Å². The Hall–Kier alpha value is -1.05. The van der Waals surface area contributed by atoms with Crippen LogP contribution in [-0.4, -0.2) is 42.6 Å². The van der Waals surface area contributed by atoms with Crippen molar-refractivity contribution in [1.29, 1.82) is 0 Å². The summed E-state index contributed by atoms with van der Waals surface area (Å²) < 4.78 is 35.4. The number of hydrogen-bond acceptors (Lipinski definition) is 6. The molecule has 1 unspecified atom stereocenters. The molecule has 2 aliphatic carbocycles. The van der Waals surface area contributed by atoms with Crippen molar-refractivity contribution in [3.8, 4) is 0 Å². The van der Waals surface area contributed by atoms with Crippen LogP contribution in [0, 0.1) is 11.3 Å². The molecular formula is C50H90NO6P. The fourth-order valence-electron chi connectivity index (χ4n) is 9.59. The second kappa shape index (κ2) is 31.7. The molecule has 58 heavy (non-hydrogen) atoms. The molecule has 0 radical (unpaired) electrons. The Kier molecular flexibility index (Phi) is 28.1. The van der Waals surface area contributed by atoms with Gasteiger partial charge in [-0.1, -0.05) is 152 Å². The highest BCUT2D eigenvalue weighted by atomic mass is 31.2. The van der Waals surface area contributed by atoms with Crippen LogP contribution in [-0.2, 0) is 23.1 Å². The van der Waals surface area contributed by atoms with Gasteiger partial charge in [-0.25, -0.2) is 4.57 Å². The summed E-state index contributed by atoms with van der Waals surface area (Å²) in [6.07, 6.45) is 58.8. The lowest BCUT2D eigenvalue weighted by Crippen LogP contribution is -2.53. The van der Waals surface area contributed by atoms with E-state index in [1.807, 2.05) is 0 Å². The Morgan fingerprint density at radius 2 is 1.00 bits per heavy atom. The third-order valence-electron chi connectivity index (χ3n) is 12.8. The molecule has 0 amide bonds. The number of unbranched alkanes of at least 4 members (excludes halogenated alkanes) is 18. The molecule has 3 fully saturated rings. The molecule has 0 aromatic heterocycles. The van der Waals surface area contributed by atoms with E-state index in [0.717, 1.165) is 51.4 Å². The molecule has 1 aliphatic heterocycles. The number of nitrogens with two attached hydrogens (primary N) is 1. The van der Waals surface area contributed by atoms with Gasteiger partial charge >= 0.3 is 7.82 Å². The zero-order chi connectivity index (χ0) is 41.5. The minimum Gasteiger partial charge on any atom is -0.344 e. The highest BCUT2D eigenvalue weighted by molar-refractivity contribution is 7.47. The summed E-state index contributed by atoms with van der Waals surface area (Å²) in [5.74, 6) is 0.143. The SMILES string of the molecule is CCCCC/C=C\C/C=C\CCCCCCCCC1(CCCCCCCC/C=C\C/C=C\CCCCC)CC2(C1)O[C@H]1C[C@@H](CCCOP(=O)(O)OCCN)C[C@H]1O2. The number of phosphoric ester groups is 1. The van der Waals surface area contributed by atoms with Crippen molar-refractivity contribution in [2.75, 3.05) is 19.8 Å². The van der Waals surface area contributed by atoms with Crippen LogP contribution in [0.15, 0.2) is 48.6 Å². The first-order valence-electron chi connectivity index (χ1n) is 24.6. The summed E-state index contributed by atoms with van der Waals surface area (Å²) >= 11 is 0. The first-order chi connectivity index (χ1) is 28.3. The molecule has 336 valence electrons. The third kappa shape index (κ3) is 22.7. The van der Waals surface area contributed by atoms with Crippen LogP contribution in [0.25, 0.3) is 0 Å². The van der Waals surface area contributed by atoms with Crippen molar-refractivity contribution in [2.24, 2.45) is 17.1 Å². The van der Waals surface area contributed by atoms with Gasteiger partial charge in [-0.2, -0.15) is 0 Å². The van der Waals surface area contributed by atoms with E-state index in [4.69, 9.17) is 24.3 Å². The number of phosphoric acid groups is 1. The second-order valence-electron chi connectivity index (χ2n) is 18.1. The summed E-state index contributed by atoms with van der Waals surface area (Å²) in [6, 6.07) is 0. The van der Waals surface area contributed by atoms with Crippen LogP contribution in [0.5, 0.6) is 0 Å². The Morgan fingerprint density at radius 3 is 1.45 bits per heavy atom. The average Bonchev–Trinajstić information content (AvgIpc) is 3.74. The van der Waals surface area contributed by atoms with E-state index in [1.165, 1.54) is 154 Å². The maximum atomic E-state index is 11.9. The van der Waals surface area contributed by atoms with Crippen LogP contribution in [0.4, 0.5) is 0 Å². The van der Waals surface area contributed by atoms with Crippen LogP contribution in [0.2, 0.25) is 0 Å². The van der Waals surface area contributed by atoms with Gasteiger partial charge in [-0.15, -0.1) is 0 Å². The molecule has 1 spiro atoms. The van der Waals surface area contributed by atoms with Gasteiger partial charge in [0.15, 0.2) is 5.79 Å². The van der Waals surface area contributed by atoms with E-state index in [2.05, 4.69) is 62.5 Å². The first kappa shape index (κ1) is 51.3. The van der Waals surface area contributed by atoms with Gasteiger partial charge in [0.25, 0.3) is 0 Å². The molecule has 0 aromatic carbocycles. The van der Waals surface area contributed by atoms with Crippen molar-refractivity contribution in [2.45, 2.75) is 237 Å². The highest BCUT2D eigenvalue weighted by Crippen LogP contribution is 2.61. The molecule has 4 atom stereocenters. The maximum Gasteiger partial charge on any atom is 0.472 e. The fourth-order valence-corrected chi connectivity index (χ4v) is 10.4. The lowest BCUT2D eigenvalue weighted by Gasteiger charge is -2.54. The molecule has 1 saturated heterocycles. The Bertz CT molecular complexity index is 1110. The van der Waals surface area contributed by atoms with Gasteiger partial charge in [0.2, 0.25) is 0 Å². The lowest BCUT2D eigenvalue weighted by molar-refractivity contribution is -0.281. The highest BCUT2D eigenvalue weighted by Gasteiger charge is 2.62. The number of hydrogen-bond donors (Lipinski definition) is 2. The van der Waals surface area contributed by atoms with E-state index in [9.17, 15) is 9.46 Å². The summed E-state index contributed by atoms with van der Waals surface area (Å²) in [4.78, 5) is 9.75. The largest absolute Gasteiger partial charge is 0.472 e. The minimum absolute atomic E-state index is 0.0178. The molecule has 7 nitrogen and oxygen atoms in total. The zero-order valence-corrected chi connectivity index (χ0v) is 38.5. The molecule has 0 bridgehead atoms. The van der Waals surface area contributed by atoms with Crippen LogP contribution < -0.4 is 5.73 Å². The standard InChI is InChI=1S/C50H90NO6P/c1-3-5-7-9-11-13-15-17-19-21-23-25-27-29-31-33-37-49(38-34-32-30-28-26-24-22-20-18-16-14-12-10-8-6-4-2)44-50(45-49)56-47-42-46(43-48(47)57-50)36-35-40-54-58(52,53)55-41-39-51/h11-14,17-20,46-48H,3-10,15-16,21-45,51H2,1-2H3,(H,52,53)/b13-11-,14-12-,19-17-,20-18-/t46-,47+,48-. The molecule has 8 heteroatoms. The second-order valence-corrected chi connectivity index (χ2v) is 19.6. The normalized spacial score (nSPS) is 22.3. The summed E-state index contributed by atoms with van der Waals surface area (Å²) in [7, 11) is -4.00. The van der Waals surface area contributed by atoms with E-state index < -0.39 is 7.82 Å². The third-order valence-corrected chi connectivity index (χ3v) is 13.8. The predicted octanol–water partition coefficient (Wildman–Crippen LogP) is 14.9. The Morgan fingerprint density at radius 1 is 0.586 bits per heavy atom. The zero-order valence-electron chi connectivity index (χ0n) is 37.6. The van der Waals surface area contributed by atoms with E-state index in [-0.39, 0.29) is 37.8 Å². The van der Waals surface area contributed by atoms with Gasteiger partial charge in [0.1, 0.15) is 0 Å². The van der Waals surface area contributed by atoms with Crippen molar-refractivity contribution in [3.63, 3.8) is 0 Å². The van der Waals surface area contributed by atoms with Crippen LogP contribution in [0.3, 0.4) is 0 Å². The maximum absolute atomic E-state index is 11.9. The van der Waals surface area contributed by atoms with Crippen molar-refractivity contribution in [3.05, 3.63) is 48.6 Å². The fraction of sp³-hybridized carbons (Fsp3) is 0.840. The topological polar surface area (TPSA) is 100 Å². The molecular weight excluding hydrogens is 742 g/mol. The predicted molar refractivity (Wildman–Crippen MR) is 245 cm³/mol. The quantitative estimate of drug-likeness (QED) is 0.0363. The first-order valence-corrected chi connectivity index (χ1v) is 26.1. The summed E-state index contributed by atoms with van der Waals surface area (Å²) in [6.45, 7) is 4.95. The van der Waals surface area contributed by atoms with Gasteiger partial charge in [0, 0.05) is 19.4 Å². The van der Waals surface area contributed by atoms with Gasteiger partial charge in [-0.05, 0) is 114 Å². The Balaban J connectivity index is 1.31. The van der Waals surface area contributed by atoms with Crippen LogP contribution >= 0.6 is 7.82 Å². The summed E-state index contributed by atoms with van der Waals surface area (Å²) in [5, 5.41) is 0. The van der Waals surface area contributed by atoms with Crippen LogP contribution in [0.1, 0.15) is 219 Å². The number of allylic oxidation sites excluding steroid dienone is 8. The molecule has 3 aliphatic rings. The number of rotatable bonds is 38. The minimum atomic E-state index is -4.00. The molecule has 0 aromatic rings. The van der Waals surface area contributed by atoms with E-state index in [1.54, 1.807) is 0 Å². The number of fused-ring (bicyclic) bond motifs is 1. The number of ether oxygens (including phenoxy) is 2. The van der Waals surface area contributed by atoms with Crippen molar-refractivity contribution >= 4 is 7.82 Å². The monoisotopic (exact) mass is 832 g/mol. The average molecular weight is 832 g/mol. The van der Waals surface area contributed by atoms with Gasteiger partial charge < -0.3 is 20.1 Å². The smallest absolute Gasteiger partial charge is 0.344 e.